The summed E-state index contributed by atoms with van der Waals surface area (Å²) in [6.45, 7) is 0. The van der Waals surface area contributed by atoms with Gasteiger partial charge in [0.05, 0.1) is 83.9 Å². The number of benzene rings is 13. The van der Waals surface area contributed by atoms with E-state index in [1.54, 1.807) is 17.4 Å². The highest BCUT2D eigenvalue weighted by Gasteiger charge is 2.35. The Morgan fingerprint density at radius 1 is 0.337 bits per heavy atom. The maximum atomic E-state index is 13.1. The molecule has 7 heteroatoms. The minimum atomic E-state index is -0.601. The van der Waals surface area contributed by atoms with Crippen molar-refractivity contribution in [2.24, 2.45) is 0 Å². The third kappa shape index (κ3) is 6.13. The van der Waals surface area contributed by atoms with Gasteiger partial charge in [0.1, 0.15) is 23.3 Å². The first-order chi connectivity index (χ1) is 44.9. The van der Waals surface area contributed by atoms with Crippen LogP contribution in [0.1, 0.15) is 23.5 Å². The first kappa shape index (κ1) is 37.6. The highest BCUT2D eigenvalue weighted by Crippen LogP contribution is 2.51. The lowest BCUT2D eigenvalue weighted by Crippen LogP contribution is -2.16. The van der Waals surface area contributed by atoms with E-state index >= 15 is 0 Å². The summed E-state index contributed by atoms with van der Waals surface area (Å²) in [5, 5.41) is 34.5. The van der Waals surface area contributed by atoms with Crippen LogP contribution in [-0.4, -0.2) is 18.3 Å². The average molecular weight is 1080 g/mol. The molecule has 13 aromatic carbocycles. The molecule has 0 aliphatic heterocycles. The largest absolute Gasteiger partial charge is 0.306 e. The lowest BCUT2D eigenvalue weighted by Gasteiger charge is -2.27. The molecule has 6 nitrogen and oxygen atoms in total. The number of nitrogens with zero attached hydrogens (tertiary/aromatic N) is 6. The number of hydrogen-bond acceptors (Lipinski definition) is 3. The summed E-state index contributed by atoms with van der Waals surface area (Å²) in [6, 6.07) is 67.7. The van der Waals surface area contributed by atoms with Gasteiger partial charge in [0.15, 0.2) is 0 Å². The number of thiophene rings is 1. The Labute approximate surface area is 490 Å². The Balaban J connectivity index is 1.14. The molecule has 5 heterocycles. The number of hydrogen-bond donors (Lipinski definition) is 0. The van der Waals surface area contributed by atoms with Crippen molar-refractivity contribution < 1.29 is 12.3 Å². The second kappa shape index (κ2) is 17.1. The van der Waals surface area contributed by atoms with Gasteiger partial charge in [-0.1, -0.05) is 200 Å². The van der Waals surface area contributed by atoms with E-state index in [4.69, 9.17) is 5.48 Å². The van der Waals surface area contributed by atoms with E-state index < -0.39 is 48.3 Å². The highest BCUT2D eigenvalue weighted by atomic mass is 32.1. The van der Waals surface area contributed by atoms with Crippen LogP contribution >= 0.6 is 11.3 Å². The molecule has 0 amide bonds. The predicted molar refractivity (Wildman–Crippen MR) is 347 cm³/mol. The fraction of sp³-hybridized carbons (Fsp3) is 0. The Kier molecular flexibility index (Phi) is 7.77. The Hall–Kier alpha value is -11.2. The summed E-state index contributed by atoms with van der Waals surface area (Å²) in [4.78, 5) is 0. The third-order valence-corrected chi connectivity index (χ3v) is 18.1. The molecule has 18 rings (SSSR count). The number of para-hydroxylation sites is 6. The van der Waals surface area contributed by atoms with Crippen molar-refractivity contribution in [1.82, 2.24) is 18.3 Å². The molecule has 0 unspecified atom stereocenters. The smallest absolute Gasteiger partial charge is 0.104 e. The van der Waals surface area contributed by atoms with Crippen LogP contribution < -0.4 is 0 Å². The van der Waals surface area contributed by atoms with E-state index in [-0.39, 0.29) is 44.3 Å². The lowest BCUT2D eigenvalue weighted by atomic mass is 9.93. The van der Waals surface area contributed by atoms with Gasteiger partial charge in [-0.05, 0) is 87.2 Å². The number of aromatic nitrogens is 4. The van der Waals surface area contributed by atoms with Crippen LogP contribution in [0.5, 0.6) is 0 Å². The minimum absolute atomic E-state index is 0.0174. The zero-order valence-electron chi connectivity index (χ0n) is 52.6. The van der Waals surface area contributed by atoms with E-state index in [2.05, 4.69) is 103 Å². The Morgan fingerprint density at radius 3 is 1.22 bits per heavy atom. The van der Waals surface area contributed by atoms with Gasteiger partial charge in [0, 0.05) is 58.6 Å². The molecule has 18 aromatic rings. The lowest BCUT2D eigenvalue weighted by molar-refractivity contribution is 1.03. The fourth-order valence-electron chi connectivity index (χ4n) is 13.6. The van der Waals surface area contributed by atoms with Crippen molar-refractivity contribution in [2.75, 3.05) is 0 Å². The maximum Gasteiger partial charge on any atom is 0.104 e. The standard InChI is InChI=1S/C76H42N6S/c77-43-61-71(79-63-30-12-5-23-50(63)51-24-6-13-31-64(51)79)72(80-65-32-14-7-25-52(65)53-26-8-15-33-66(53)80)62(44-78)74(73(61)81-67-34-16-9-27-54(67)55-28-10-17-35-68(55)81)82-69-42-46(60-41-45-19-1-2-20-47(45)48-21-3-4-22-49(48)60)37-38-56(69)58-39-40-59-57-29-11-18-36-70(57)83-76(59)75(58)82/h1-42H/i1D,2D,3D,4D,19D,20D,21D,22D,41D. The second-order valence-corrected chi connectivity index (χ2v) is 22.0. The first-order valence-corrected chi connectivity index (χ1v) is 28.0. The molecule has 0 bridgehead atoms. The summed E-state index contributed by atoms with van der Waals surface area (Å²) in [5.74, 6) is 0. The van der Waals surface area contributed by atoms with Crippen LogP contribution in [-0.2, 0) is 0 Å². The maximum absolute atomic E-state index is 13.1. The highest BCUT2D eigenvalue weighted by molar-refractivity contribution is 7.26. The van der Waals surface area contributed by atoms with Crippen molar-refractivity contribution >= 4 is 140 Å². The normalized spacial score (nSPS) is 13.6. The molecule has 0 atom stereocenters. The summed E-state index contributed by atoms with van der Waals surface area (Å²) < 4.78 is 94.0. The Bertz CT molecular complexity index is 6390. The van der Waals surface area contributed by atoms with Crippen LogP contribution in [0.4, 0.5) is 0 Å². The molecular weight excluding hydrogens is 1030 g/mol. The average Bonchev–Trinajstić information content (AvgIpc) is 1.37. The summed E-state index contributed by atoms with van der Waals surface area (Å²) in [7, 11) is 0. The summed E-state index contributed by atoms with van der Waals surface area (Å²) in [5.41, 5.74) is 8.33. The molecule has 0 spiro atoms. The fourth-order valence-corrected chi connectivity index (χ4v) is 14.9. The molecule has 0 saturated carbocycles. The van der Waals surface area contributed by atoms with E-state index in [0.717, 1.165) is 91.0 Å². The number of nitriles is 2. The minimum Gasteiger partial charge on any atom is -0.306 e. The molecule has 83 heavy (non-hydrogen) atoms. The topological polar surface area (TPSA) is 67.3 Å². The van der Waals surface area contributed by atoms with Crippen LogP contribution in [0, 0.1) is 22.7 Å². The molecule has 0 N–H and O–H groups in total. The molecule has 382 valence electrons. The zero-order chi connectivity index (χ0) is 62.4. The van der Waals surface area contributed by atoms with Crippen LogP contribution in [0.3, 0.4) is 0 Å². The molecule has 5 aromatic heterocycles. The van der Waals surface area contributed by atoms with E-state index in [9.17, 15) is 17.4 Å². The molecule has 0 aliphatic carbocycles. The third-order valence-electron chi connectivity index (χ3n) is 16.9. The molecule has 0 fully saturated rings. The van der Waals surface area contributed by atoms with Gasteiger partial charge >= 0.3 is 0 Å². The van der Waals surface area contributed by atoms with Crippen LogP contribution in [0.2, 0.25) is 0 Å². The van der Waals surface area contributed by atoms with Gasteiger partial charge < -0.3 is 18.3 Å². The van der Waals surface area contributed by atoms with E-state index in [1.165, 1.54) is 0 Å². The molecule has 0 saturated heterocycles. The van der Waals surface area contributed by atoms with Gasteiger partial charge in [0.2, 0.25) is 0 Å². The number of rotatable bonds is 5. The predicted octanol–water partition coefficient (Wildman–Crippen LogP) is 20.2. The van der Waals surface area contributed by atoms with E-state index in [0.29, 0.717) is 44.7 Å². The van der Waals surface area contributed by atoms with Gasteiger partial charge in [-0.25, -0.2) is 0 Å². The van der Waals surface area contributed by atoms with Crippen molar-refractivity contribution in [1.29, 1.82) is 10.5 Å². The Morgan fingerprint density at radius 2 is 0.723 bits per heavy atom. The number of fused-ring (bicyclic) bond motifs is 19. The quantitative estimate of drug-likeness (QED) is 0.161. The van der Waals surface area contributed by atoms with Gasteiger partial charge in [0.25, 0.3) is 0 Å². The molecular formula is C76H42N6S. The van der Waals surface area contributed by atoms with Crippen molar-refractivity contribution in [3.63, 3.8) is 0 Å². The van der Waals surface area contributed by atoms with Crippen molar-refractivity contribution in [2.45, 2.75) is 0 Å². The van der Waals surface area contributed by atoms with Gasteiger partial charge in [-0.15, -0.1) is 11.3 Å². The monoisotopic (exact) mass is 1080 g/mol. The van der Waals surface area contributed by atoms with Gasteiger partial charge in [-0.2, -0.15) is 10.5 Å². The van der Waals surface area contributed by atoms with E-state index in [1.807, 2.05) is 121 Å². The molecule has 0 radical (unpaired) electrons. The molecule has 0 aliphatic rings. The summed E-state index contributed by atoms with van der Waals surface area (Å²) in [6.07, 6.45) is 0. The SMILES string of the molecule is [2H]c1c([2H])c([2H])c2c(c1[2H])c([2H])c(-c1ccc3c4ccc5c6ccccc6sc5c4n(-c4c(C#N)c(-n5c6ccccc6c6ccccc65)c(-n5c6ccccc6c6ccccc65)c(C#N)c4-n4c5ccccc5c5ccccc54)c3c1)c1c([2H])c([2H])c([2H])c([2H])c12. The van der Waals surface area contributed by atoms with Crippen molar-refractivity contribution in [3.8, 4) is 46.0 Å². The van der Waals surface area contributed by atoms with Gasteiger partial charge in [-0.3, -0.25) is 0 Å². The summed E-state index contributed by atoms with van der Waals surface area (Å²) >= 11 is 1.60. The second-order valence-electron chi connectivity index (χ2n) is 21.0. The van der Waals surface area contributed by atoms with Crippen LogP contribution in [0.15, 0.2) is 255 Å². The van der Waals surface area contributed by atoms with Crippen LogP contribution in [0.25, 0.3) is 163 Å². The first-order valence-electron chi connectivity index (χ1n) is 31.7. The van der Waals surface area contributed by atoms with Crippen molar-refractivity contribution in [3.05, 3.63) is 266 Å². The zero-order valence-corrected chi connectivity index (χ0v) is 44.5.